The van der Waals surface area contributed by atoms with Crippen molar-refractivity contribution in [2.45, 2.75) is 81.9 Å². The average Bonchev–Trinajstić information content (AvgIpc) is 3.62. The summed E-state index contributed by atoms with van der Waals surface area (Å²) in [6.45, 7) is 13.1. The SMILES string of the molecule is CC(C)[Si](Oc1c2c(nc3c(CBr)ccnc13)C(=O)N(C1(c3ccc(F)cc3)CC1)C2=O)(C(C)C)C(C)C. The molecule has 6 nitrogen and oxygen atoms in total. The van der Waals surface area contributed by atoms with Gasteiger partial charge in [-0.1, -0.05) is 69.6 Å². The molecule has 1 aliphatic carbocycles. The van der Waals surface area contributed by atoms with E-state index in [2.05, 4.69) is 62.5 Å². The van der Waals surface area contributed by atoms with Gasteiger partial charge in [0.15, 0.2) is 0 Å². The lowest BCUT2D eigenvalue weighted by Crippen LogP contribution is -2.51. The maximum absolute atomic E-state index is 14.2. The van der Waals surface area contributed by atoms with Gasteiger partial charge in [-0.2, -0.15) is 0 Å². The number of pyridine rings is 2. The Morgan fingerprint density at radius 1 is 0.974 bits per heavy atom. The predicted octanol–water partition coefficient (Wildman–Crippen LogP) is 7.50. The van der Waals surface area contributed by atoms with E-state index >= 15 is 0 Å². The quantitative estimate of drug-likeness (QED) is 0.153. The smallest absolute Gasteiger partial charge is 0.281 e. The summed E-state index contributed by atoms with van der Waals surface area (Å²) in [5, 5.41) is 0.518. The van der Waals surface area contributed by atoms with Gasteiger partial charge in [0.05, 0.1) is 11.1 Å². The fourth-order valence-electron chi connectivity index (χ4n) is 6.49. The van der Waals surface area contributed by atoms with E-state index in [-0.39, 0.29) is 33.7 Å². The van der Waals surface area contributed by atoms with Crippen LogP contribution < -0.4 is 4.43 Å². The highest BCUT2D eigenvalue weighted by atomic mass is 79.9. The molecule has 3 aromatic rings. The van der Waals surface area contributed by atoms with Gasteiger partial charge in [-0.3, -0.25) is 19.5 Å². The van der Waals surface area contributed by atoms with Crippen molar-refractivity contribution in [1.82, 2.24) is 14.9 Å². The minimum Gasteiger partial charge on any atom is -0.541 e. The van der Waals surface area contributed by atoms with Crippen molar-refractivity contribution >= 4 is 47.1 Å². The molecule has 5 rings (SSSR count). The molecule has 38 heavy (non-hydrogen) atoms. The summed E-state index contributed by atoms with van der Waals surface area (Å²) in [7, 11) is -2.53. The van der Waals surface area contributed by atoms with Crippen molar-refractivity contribution < 1.29 is 18.4 Å². The third-order valence-electron chi connectivity index (χ3n) is 8.40. The van der Waals surface area contributed by atoms with Crippen LogP contribution >= 0.6 is 15.9 Å². The van der Waals surface area contributed by atoms with E-state index in [1.165, 1.54) is 17.0 Å². The van der Waals surface area contributed by atoms with Gasteiger partial charge in [-0.25, -0.2) is 9.37 Å². The Labute approximate surface area is 232 Å². The molecule has 0 bridgehead atoms. The number of carbonyl (C=O) groups excluding carboxylic acids is 2. The summed E-state index contributed by atoms with van der Waals surface area (Å²) in [5.74, 6) is -0.831. The monoisotopic (exact) mass is 597 g/mol. The van der Waals surface area contributed by atoms with Crippen molar-refractivity contribution in [2.75, 3.05) is 0 Å². The number of alkyl halides is 1. The van der Waals surface area contributed by atoms with Gasteiger partial charge in [0.1, 0.15) is 28.3 Å². The summed E-state index contributed by atoms with van der Waals surface area (Å²) in [6.07, 6.45) is 2.93. The molecule has 0 saturated heterocycles. The Morgan fingerprint density at radius 2 is 1.58 bits per heavy atom. The maximum Gasteiger partial charge on any atom is 0.281 e. The molecule has 1 aromatic carbocycles. The summed E-state index contributed by atoms with van der Waals surface area (Å²) in [6, 6.07) is 7.92. The molecule has 0 radical (unpaired) electrons. The van der Waals surface area contributed by atoms with Gasteiger partial charge in [-0.05, 0) is 58.8 Å². The molecular weight excluding hydrogens is 565 g/mol. The molecule has 200 valence electrons. The molecule has 1 aliphatic heterocycles. The Balaban J connectivity index is 1.75. The molecular formula is C29H33BrFN3O3Si. The van der Waals surface area contributed by atoms with E-state index in [1.807, 2.05) is 6.07 Å². The minimum absolute atomic E-state index is 0.111. The molecule has 0 spiro atoms. The van der Waals surface area contributed by atoms with Crippen molar-refractivity contribution in [3.8, 4) is 5.75 Å². The molecule has 0 N–H and O–H groups in total. The number of nitrogens with zero attached hydrogens (tertiary/aromatic N) is 3. The van der Waals surface area contributed by atoms with Crippen LogP contribution in [0.15, 0.2) is 36.5 Å². The molecule has 0 atom stereocenters. The van der Waals surface area contributed by atoms with Crippen LogP contribution in [0, 0.1) is 5.82 Å². The molecule has 1 saturated carbocycles. The topological polar surface area (TPSA) is 72.4 Å². The van der Waals surface area contributed by atoms with Crippen molar-refractivity contribution in [3.63, 3.8) is 0 Å². The van der Waals surface area contributed by atoms with Crippen LogP contribution in [0.2, 0.25) is 16.6 Å². The summed E-state index contributed by atoms with van der Waals surface area (Å²) < 4.78 is 20.8. The first-order valence-corrected chi connectivity index (χ1v) is 16.5. The van der Waals surface area contributed by atoms with E-state index in [4.69, 9.17) is 9.41 Å². The number of benzene rings is 1. The van der Waals surface area contributed by atoms with Gasteiger partial charge in [0.25, 0.3) is 20.1 Å². The highest BCUT2D eigenvalue weighted by Crippen LogP contribution is 2.55. The fourth-order valence-corrected chi connectivity index (χ4v) is 12.2. The van der Waals surface area contributed by atoms with Gasteiger partial charge in [-0.15, -0.1) is 0 Å². The number of carbonyl (C=O) groups is 2. The van der Waals surface area contributed by atoms with E-state index in [0.29, 0.717) is 35.0 Å². The van der Waals surface area contributed by atoms with E-state index < -0.39 is 25.7 Å². The Kier molecular flexibility index (Phi) is 6.75. The van der Waals surface area contributed by atoms with E-state index in [9.17, 15) is 14.0 Å². The highest BCUT2D eigenvalue weighted by molar-refractivity contribution is 9.08. The normalized spacial score (nSPS) is 16.8. The molecule has 1 fully saturated rings. The van der Waals surface area contributed by atoms with Crippen LogP contribution in [-0.2, 0) is 10.9 Å². The van der Waals surface area contributed by atoms with Crippen LogP contribution in [-0.4, -0.2) is 35.0 Å². The third-order valence-corrected chi connectivity index (χ3v) is 15.0. The second-order valence-corrected chi connectivity index (χ2v) is 17.3. The largest absolute Gasteiger partial charge is 0.541 e. The first-order chi connectivity index (χ1) is 18.0. The first-order valence-electron chi connectivity index (χ1n) is 13.2. The Bertz CT molecular complexity index is 1420. The standard InChI is InChI=1S/C29H33BrFN3O3Si/c1-16(2)38(17(3)4,18(5)6)37-26-22-24(33-23-19(15-30)11-14-32-25(23)26)28(36)34(27(22)35)29(12-13-29)20-7-9-21(31)10-8-20/h7-11,14,16-18H,12-13,15H2,1-6H3. The number of hydrogen-bond donors (Lipinski definition) is 0. The number of aromatic nitrogens is 2. The number of halogens is 2. The van der Waals surface area contributed by atoms with Crippen molar-refractivity contribution in [2.24, 2.45) is 0 Å². The highest BCUT2D eigenvalue weighted by Gasteiger charge is 2.59. The Morgan fingerprint density at radius 3 is 2.11 bits per heavy atom. The summed E-state index contributed by atoms with van der Waals surface area (Å²) >= 11 is 3.54. The number of imide groups is 1. The fraction of sp³-hybridized carbons (Fsp3) is 0.448. The van der Waals surface area contributed by atoms with Crippen LogP contribution in [0.3, 0.4) is 0 Å². The third kappa shape index (κ3) is 3.84. The van der Waals surface area contributed by atoms with Gasteiger partial charge < -0.3 is 4.43 Å². The minimum atomic E-state index is -2.53. The lowest BCUT2D eigenvalue weighted by molar-refractivity contribution is 0.0553. The van der Waals surface area contributed by atoms with Crippen LogP contribution in [0.5, 0.6) is 5.75 Å². The van der Waals surface area contributed by atoms with E-state index in [1.54, 1.807) is 18.3 Å². The molecule has 9 heteroatoms. The molecule has 2 amide bonds. The van der Waals surface area contributed by atoms with Crippen LogP contribution in [0.1, 0.15) is 86.4 Å². The number of amides is 2. The second-order valence-electron chi connectivity index (χ2n) is 11.4. The van der Waals surface area contributed by atoms with Crippen molar-refractivity contribution in [1.29, 1.82) is 0 Å². The van der Waals surface area contributed by atoms with Crippen LogP contribution in [0.4, 0.5) is 4.39 Å². The number of fused-ring (bicyclic) bond motifs is 2. The van der Waals surface area contributed by atoms with Gasteiger partial charge in [0, 0.05) is 11.5 Å². The molecule has 3 heterocycles. The second kappa shape index (κ2) is 9.52. The Hall–Kier alpha value is -2.65. The van der Waals surface area contributed by atoms with Gasteiger partial charge in [0.2, 0.25) is 0 Å². The number of hydrogen-bond acceptors (Lipinski definition) is 5. The predicted molar refractivity (Wildman–Crippen MR) is 152 cm³/mol. The first kappa shape index (κ1) is 26.9. The zero-order valence-corrected chi connectivity index (χ0v) is 25.2. The zero-order chi connectivity index (χ0) is 27.6. The zero-order valence-electron chi connectivity index (χ0n) is 22.6. The maximum atomic E-state index is 14.2. The molecule has 2 aliphatic rings. The van der Waals surface area contributed by atoms with Crippen molar-refractivity contribution in [3.05, 3.63) is 64.7 Å². The average molecular weight is 599 g/mol. The number of rotatable bonds is 8. The molecule has 0 unspecified atom stereocenters. The van der Waals surface area contributed by atoms with Gasteiger partial charge >= 0.3 is 0 Å². The summed E-state index contributed by atoms with van der Waals surface area (Å²) in [4.78, 5) is 39.0. The summed E-state index contributed by atoms with van der Waals surface area (Å²) in [5.41, 5.74) is 2.94. The van der Waals surface area contributed by atoms with Crippen LogP contribution in [0.25, 0.3) is 11.0 Å². The van der Waals surface area contributed by atoms with E-state index in [0.717, 1.165) is 11.1 Å². The lowest BCUT2D eigenvalue weighted by Gasteiger charge is -2.42. The lowest BCUT2D eigenvalue weighted by atomic mass is 10.0. The molecule has 2 aromatic heterocycles.